The average Bonchev–Trinajstić information content (AvgIpc) is 3.02. The molecule has 1 unspecified atom stereocenters. The van der Waals surface area contributed by atoms with Crippen LogP contribution in [0.5, 0.6) is 0 Å². The van der Waals surface area contributed by atoms with Crippen molar-refractivity contribution in [3.05, 3.63) is 24.3 Å². The Morgan fingerprint density at radius 2 is 2.19 bits per heavy atom. The predicted octanol–water partition coefficient (Wildman–Crippen LogP) is 0.630. The molecule has 110 valence electrons. The summed E-state index contributed by atoms with van der Waals surface area (Å²) in [6.45, 7) is 0.795. The highest BCUT2D eigenvalue weighted by Crippen LogP contribution is 2.30. The number of amides is 1. The molecule has 0 aliphatic carbocycles. The van der Waals surface area contributed by atoms with Crippen LogP contribution in [0.15, 0.2) is 24.3 Å². The first-order valence-electron chi connectivity index (χ1n) is 6.96. The van der Waals surface area contributed by atoms with Crippen LogP contribution in [0.25, 0.3) is 10.9 Å². The van der Waals surface area contributed by atoms with Gasteiger partial charge < -0.3 is 10.2 Å². The predicted molar refractivity (Wildman–Crippen MR) is 81.8 cm³/mol. The molecule has 1 aromatic carbocycles. The van der Waals surface area contributed by atoms with E-state index in [2.05, 4.69) is 20.7 Å². The van der Waals surface area contributed by atoms with Crippen LogP contribution in [0, 0.1) is 0 Å². The molecular formula is C14H18N6O. The zero-order valence-electron chi connectivity index (χ0n) is 11.8. The largest absolute Gasteiger partial charge is 0.357 e. The van der Waals surface area contributed by atoms with Crippen molar-refractivity contribution >= 4 is 28.6 Å². The van der Waals surface area contributed by atoms with Crippen molar-refractivity contribution in [3.63, 3.8) is 0 Å². The molecule has 7 heteroatoms. The molecule has 1 amide bonds. The van der Waals surface area contributed by atoms with Crippen molar-refractivity contribution in [2.75, 3.05) is 23.9 Å². The van der Waals surface area contributed by atoms with Crippen LogP contribution in [-0.2, 0) is 4.79 Å². The van der Waals surface area contributed by atoms with Gasteiger partial charge in [0.1, 0.15) is 11.9 Å². The van der Waals surface area contributed by atoms with E-state index in [4.69, 9.17) is 5.84 Å². The number of hydrazine groups is 1. The lowest BCUT2D eigenvalue weighted by Gasteiger charge is -2.25. The van der Waals surface area contributed by atoms with Crippen molar-refractivity contribution in [2.45, 2.75) is 18.9 Å². The minimum atomic E-state index is -0.195. The van der Waals surface area contributed by atoms with E-state index in [1.54, 1.807) is 7.05 Å². The van der Waals surface area contributed by atoms with Crippen molar-refractivity contribution in [1.82, 2.24) is 15.3 Å². The fraction of sp³-hybridized carbons (Fsp3) is 0.357. The highest BCUT2D eigenvalue weighted by molar-refractivity contribution is 5.94. The Bertz CT molecular complexity index is 674. The molecule has 2 heterocycles. The molecule has 0 saturated carbocycles. The average molecular weight is 286 g/mol. The lowest BCUT2D eigenvalue weighted by atomic mass is 10.2. The van der Waals surface area contributed by atoms with Gasteiger partial charge in [0.2, 0.25) is 11.9 Å². The summed E-state index contributed by atoms with van der Waals surface area (Å²) in [6.07, 6.45) is 1.78. The molecule has 21 heavy (non-hydrogen) atoms. The first-order chi connectivity index (χ1) is 10.2. The smallest absolute Gasteiger partial charge is 0.242 e. The Balaban J connectivity index is 2.12. The second kappa shape index (κ2) is 5.53. The van der Waals surface area contributed by atoms with Crippen LogP contribution in [0.1, 0.15) is 12.8 Å². The Kier molecular flexibility index (Phi) is 3.57. The number of aromatic nitrogens is 2. The number of nitrogens with one attached hydrogen (secondary N) is 2. The summed E-state index contributed by atoms with van der Waals surface area (Å²) in [4.78, 5) is 22.9. The number of benzene rings is 1. The van der Waals surface area contributed by atoms with Crippen molar-refractivity contribution in [3.8, 4) is 0 Å². The molecule has 1 aromatic heterocycles. The molecule has 2 aromatic rings. The zero-order valence-corrected chi connectivity index (χ0v) is 11.8. The number of carbonyl (C=O) groups is 1. The number of anilines is 2. The van der Waals surface area contributed by atoms with Crippen LogP contribution in [0.4, 0.5) is 11.8 Å². The summed E-state index contributed by atoms with van der Waals surface area (Å²) >= 11 is 0. The van der Waals surface area contributed by atoms with E-state index in [-0.39, 0.29) is 11.9 Å². The molecule has 1 saturated heterocycles. The summed E-state index contributed by atoms with van der Waals surface area (Å²) < 4.78 is 0. The second-order valence-electron chi connectivity index (χ2n) is 5.00. The maximum absolute atomic E-state index is 12.1. The molecule has 0 radical (unpaired) electrons. The first kappa shape index (κ1) is 13.6. The van der Waals surface area contributed by atoms with Gasteiger partial charge in [0.05, 0.1) is 5.52 Å². The van der Waals surface area contributed by atoms with Crippen LogP contribution < -0.4 is 21.5 Å². The number of hydrogen-bond acceptors (Lipinski definition) is 6. The summed E-state index contributed by atoms with van der Waals surface area (Å²) in [5, 5.41) is 3.64. The Morgan fingerprint density at radius 3 is 2.95 bits per heavy atom. The summed E-state index contributed by atoms with van der Waals surface area (Å²) in [7, 11) is 1.66. The summed E-state index contributed by atoms with van der Waals surface area (Å²) in [5.74, 6) is 6.57. The van der Waals surface area contributed by atoms with E-state index in [1.807, 2.05) is 29.2 Å². The third-order valence-corrected chi connectivity index (χ3v) is 3.79. The Hall–Kier alpha value is -2.41. The molecule has 1 aliphatic heterocycles. The van der Waals surface area contributed by atoms with Crippen LogP contribution in [0.3, 0.4) is 0 Å². The number of para-hydroxylation sites is 1. The quantitative estimate of drug-likeness (QED) is 0.566. The third-order valence-electron chi connectivity index (χ3n) is 3.79. The second-order valence-corrected chi connectivity index (χ2v) is 5.00. The Morgan fingerprint density at radius 1 is 1.38 bits per heavy atom. The lowest BCUT2D eigenvalue weighted by Crippen LogP contribution is -2.42. The van der Waals surface area contributed by atoms with Crippen molar-refractivity contribution in [1.29, 1.82) is 0 Å². The SMILES string of the molecule is CNC(=O)C1CCCN1c1nc(NN)nc2ccccc12. The highest BCUT2D eigenvalue weighted by Gasteiger charge is 2.32. The number of carbonyl (C=O) groups excluding carboxylic acids is 1. The molecule has 0 spiro atoms. The van der Waals surface area contributed by atoms with Crippen molar-refractivity contribution in [2.24, 2.45) is 5.84 Å². The molecular weight excluding hydrogens is 268 g/mol. The Labute approximate surface area is 122 Å². The molecule has 1 fully saturated rings. The van der Waals surface area contributed by atoms with Gasteiger partial charge in [-0.25, -0.2) is 10.8 Å². The summed E-state index contributed by atoms with van der Waals surface area (Å²) in [6, 6.07) is 7.53. The zero-order chi connectivity index (χ0) is 14.8. The number of nitrogens with zero attached hydrogens (tertiary/aromatic N) is 3. The minimum Gasteiger partial charge on any atom is -0.357 e. The van der Waals surface area contributed by atoms with E-state index in [9.17, 15) is 4.79 Å². The lowest BCUT2D eigenvalue weighted by molar-refractivity contribution is -0.121. The fourth-order valence-electron chi connectivity index (χ4n) is 2.80. The van der Waals surface area contributed by atoms with Gasteiger partial charge in [0, 0.05) is 19.0 Å². The van der Waals surface area contributed by atoms with Gasteiger partial charge in [-0.15, -0.1) is 0 Å². The van der Waals surface area contributed by atoms with E-state index in [0.717, 1.165) is 36.1 Å². The van der Waals surface area contributed by atoms with Gasteiger partial charge in [-0.3, -0.25) is 10.2 Å². The topological polar surface area (TPSA) is 96.2 Å². The van der Waals surface area contributed by atoms with Gasteiger partial charge >= 0.3 is 0 Å². The van der Waals surface area contributed by atoms with Gasteiger partial charge in [-0.2, -0.15) is 4.98 Å². The number of nitrogen functional groups attached to an aromatic ring is 1. The molecule has 1 aliphatic rings. The number of fused-ring (bicyclic) bond motifs is 1. The third kappa shape index (κ3) is 2.36. The minimum absolute atomic E-state index is 0.0115. The van der Waals surface area contributed by atoms with Crippen LogP contribution in [0.2, 0.25) is 0 Å². The van der Waals surface area contributed by atoms with Gasteiger partial charge in [-0.1, -0.05) is 12.1 Å². The van der Waals surface area contributed by atoms with E-state index < -0.39 is 0 Å². The van der Waals surface area contributed by atoms with E-state index in [1.165, 1.54) is 0 Å². The fourth-order valence-corrected chi connectivity index (χ4v) is 2.80. The van der Waals surface area contributed by atoms with E-state index >= 15 is 0 Å². The molecule has 1 atom stereocenters. The summed E-state index contributed by atoms with van der Waals surface area (Å²) in [5.41, 5.74) is 3.30. The molecule has 3 rings (SSSR count). The molecule has 4 N–H and O–H groups in total. The van der Waals surface area contributed by atoms with Gasteiger partial charge in [0.25, 0.3) is 0 Å². The van der Waals surface area contributed by atoms with Gasteiger partial charge in [0.15, 0.2) is 0 Å². The standard InChI is InChI=1S/C14H18N6O/c1-16-13(21)11-7-4-8-20(11)12-9-5-2-3-6-10(9)17-14(18-12)19-15/h2-3,5-6,11H,4,7-8,15H2,1H3,(H,16,21)(H,17,18,19). The molecule has 0 bridgehead atoms. The first-order valence-corrected chi connectivity index (χ1v) is 6.96. The van der Waals surface area contributed by atoms with Crippen LogP contribution >= 0.6 is 0 Å². The maximum atomic E-state index is 12.1. The number of likely N-dealkylation sites (N-methyl/N-ethyl adjacent to an activating group) is 1. The van der Waals surface area contributed by atoms with Crippen molar-refractivity contribution < 1.29 is 4.79 Å². The van der Waals surface area contributed by atoms with Crippen LogP contribution in [-0.4, -0.2) is 35.5 Å². The number of hydrogen-bond donors (Lipinski definition) is 3. The monoisotopic (exact) mass is 286 g/mol. The highest BCUT2D eigenvalue weighted by atomic mass is 16.2. The molecule has 7 nitrogen and oxygen atoms in total. The number of rotatable bonds is 3. The number of nitrogens with two attached hydrogens (primary N) is 1. The van der Waals surface area contributed by atoms with E-state index in [0.29, 0.717) is 5.95 Å². The van der Waals surface area contributed by atoms with Gasteiger partial charge in [-0.05, 0) is 25.0 Å². The maximum Gasteiger partial charge on any atom is 0.242 e. The normalized spacial score (nSPS) is 18.0.